The van der Waals surface area contributed by atoms with Crippen LogP contribution < -0.4 is 10.1 Å². The Kier molecular flexibility index (Phi) is 5.86. The van der Waals surface area contributed by atoms with Crippen molar-refractivity contribution in [3.05, 3.63) is 82.7 Å². The Morgan fingerprint density at radius 2 is 2.00 bits per heavy atom. The van der Waals surface area contributed by atoms with Gasteiger partial charge in [0.05, 0.1) is 12.8 Å². The number of rotatable bonds is 7. The lowest BCUT2D eigenvalue weighted by Gasteiger charge is -2.13. The van der Waals surface area contributed by atoms with E-state index in [0.717, 1.165) is 38.9 Å². The Morgan fingerprint density at radius 3 is 2.83 bits per heavy atom. The number of fused-ring (bicyclic) bond motifs is 1. The van der Waals surface area contributed by atoms with E-state index in [2.05, 4.69) is 27.8 Å². The third kappa shape index (κ3) is 4.30. The van der Waals surface area contributed by atoms with E-state index in [1.54, 1.807) is 24.6 Å². The third-order valence-electron chi connectivity index (χ3n) is 4.98. The van der Waals surface area contributed by atoms with Crippen LogP contribution in [0.3, 0.4) is 0 Å². The van der Waals surface area contributed by atoms with Crippen molar-refractivity contribution in [3.8, 4) is 17.0 Å². The average molecular weight is 403 g/mol. The summed E-state index contributed by atoms with van der Waals surface area (Å²) in [5.41, 5.74) is 4.09. The maximum Gasteiger partial charge on any atom is 0.220 e. The molecule has 29 heavy (non-hydrogen) atoms. The number of carbonyl (C=O) groups excluding carboxylic acids is 1. The Balaban J connectivity index is 1.44. The highest BCUT2D eigenvalue weighted by Gasteiger charge is 2.12. The molecule has 0 saturated heterocycles. The van der Waals surface area contributed by atoms with Gasteiger partial charge in [0.1, 0.15) is 5.75 Å². The first-order valence-electron chi connectivity index (χ1n) is 9.54. The second-order valence-corrected chi connectivity index (χ2v) is 7.55. The summed E-state index contributed by atoms with van der Waals surface area (Å²) in [5, 5.41) is 9.43. The van der Waals surface area contributed by atoms with Crippen LogP contribution in [0, 0.1) is 0 Å². The molecule has 1 amide bonds. The van der Waals surface area contributed by atoms with Crippen molar-refractivity contribution in [1.29, 1.82) is 0 Å². The molecule has 0 spiro atoms. The number of benzene rings is 2. The SMILES string of the molecule is COc1ccc2ccccc2c1CCC(=O)NCc1cccnc1-c1ccsc1. The molecule has 0 unspecified atom stereocenters. The van der Waals surface area contributed by atoms with Crippen LogP contribution in [-0.4, -0.2) is 18.0 Å². The predicted octanol–water partition coefficient (Wildman–Crippen LogP) is 5.22. The molecule has 5 heteroatoms. The number of thiophene rings is 1. The molecule has 2 aromatic carbocycles. The highest BCUT2D eigenvalue weighted by molar-refractivity contribution is 7.08. The van der Waals surface area contributed by atoms with E-state index in [1.807, 2.05) is 47.8 Å². The van der Waals surface area contributed by atoms with E-state index < -0.39 is 0 Å². The third-order valence-corrected chi connectivity index (χ3v) is 5.66. The number of ether oxygens (including phenoxy) is 1. The number of aromatic nitrogens is 1. The first-order valence-corrected chi connectivity index (χ1v) is 10.5. The lowest BCUT2D eigenvalue weighted by atomic mass is 9.99. The van der Waals surface area contributed by atoms with Crippen LogP contribution in [0.1, 0.15) is 17.5 Å². The molecule has 2 heterocycles. The van der Waals surface area contributed by atoms with Crippen molar-refractivity contribution in [2.45, 2.75) is 19.4 Å². The van der Waals surface area contributed by atoms with Crippen molar-refractivity contribution < 1.29 is 9.53 Å². The monoisotopic (exact) mass is 402 g/mol. The maximum absolute atomic E-state index is 12.6. The maximum atomic E-state index is 12.6. The molecule has 0 bridgehead atoms. The molecule has 0 aliphatic heterocycles. The van der Waals surface area contributed by atoms with Crippen molar-refractivity contribution in [1.82, 2.24) is 10.3 Å². The molecule has 0 fully saturated rings. The van der Waals surface area contributed by atoms with E-state index in [9.17, 15) is 4.79 Å². The van der Waals surface area contributed by atoms with Gasteiger partial charge in [0.2, 0.25) is 5.91 Å². The van der Waals surface area contributed by atoms with Crippen LogP contribution in [-0.2, 0) is 17.8 Å². The normalized spacial score (nSPS) is 10.8. The van der Waals surface area contributed by atoms with Crippen molar-refractivity contribution in [2.24, 2.45) is 0 Å². The van der Waals surface area contributed by atoms with Gasteiger partial charge in [-0.3, -0.25) is 9.78 Å². The first-order chi connectivity index (χ1) is 14.3. The molecule has 146 valence electrons. The van der Waals surface area contributed by atoms with Crippen LogP contribution in [0.2, 0.25) is 0 Å². The molecule has 4 aromatic rings. The largest absolute Gasteiger partial charge is 0.496 e. The summed E-state index contributed by atoms with van der Waals surface area (Å²) < 4.78 is 5.53. The van der Waals surface area contributed by atoms with E-state index in [1.165, 1.54) is 0 Å². The number of hydrogen-bond acceptors (Lipinski definition) is 4. The molecule has 0 aliphatic carbocycles. The zero-order chi connectivity index (χ0) is 20.1. The second-order valence-electron chi connectivity index (χ2n) is 6.77. The Hall–Kier alpha value is -3.18. The number of amides is 1. The van der Waals surface area contributed by atoms with Crippen LogP contribution >= 0.6 is 11.3 Å². The van der Waals surface area contributed by atoms with E-state index in [-0.39, 0.29) is 5.91 Å². The van der Waals surface area contributed by atoms with Crippen LogP contribution in [0.25, 0.3) is 22.0 Å². The van der Waals surface area contributed by atoms with Crippen molar-refractivity contribution in [3.63, 3.8) is 0 Å². The van der Waals surface area contributed by atoms with Gasteiger partial charge in [0.15, 0.2) is 0 Å². The second kappa shape index (κ2) is 8.88. The molecule has 2 aromatic heterocycles. The Bertz CT molecular complexity index is 1120. The van der Waals surface area contributed by atoms with Gasteiger partial charge in [0.25, 0.3) is 0 Å². The summed E-state index contributed by atoms with van der Waals surface area (Å²) >= 11 is 1.64. The first kappa shape index (κ1) is 19.2. The molecule has 0 saturated carbocycles. The number of nitrogens with one attached hydrogen (secondary N) is 1. The van der Waals surface area contributed by atoms with Gasteiger partial charge in [-0.1, -0.05) is 36.4 Å². The average Bonchev–Trinajstić information content (AvgIpc) is 3.31. The number of hydrogen-bond donors (Lipinski definition) is 1. The van der Waals surface area contributed by atoms with Gasteiger partial charge in [0, 0.05) is 35.7 Å². The van der Waals surface area contributed by atoms with Crippen LogP contribution in [0.5, 0.6) is 5.75 Å². The van der Waals surface area contributed by atoms with Gasteiger partial charge >= 0.3 is 0 Å². The summed E-state index contributed by atoms with van der Waals surface area (Å²) in [6, 6.07) is 18.2. The summed E-state index contributed by atoms with van der Waals surface area (Å²) in [6.07, 6.45) is 2.81. The number of pyridine rings is 1. The highest BCUT2D eigenvalue weighted by Crippen LogP contribution is 2.29. The lowest BCUT2D eigenvalue weighted by Crippen LogP contribution is -2.23. The number of nitrogens with zero attached hydrogens (tertiary/aromatic N) is 1. The summed E-state index contributed by atoms with van der Waals surface area (Å²) in [4.78, 5) is 17.0. The van der Waals surface area contributed by atoms with Gasteiger partial charge in [-0.2, -0.15) is 11.3 Å². The molecular weight excluding hydrogens is 380 g/mol. The Labute approximate surface area is 174 Å². The van der Waals surface area contributed by atoms with E-state index in [0.29, 0.717) is 19.4 Å². The Morgan fingerprint density at radius 1 is 1.10 bits per heavy atom. The molecule has 1 N–H and O–H groups in total. The molecule has 0 atom stereocenters. The van der Waals surface area contributed by atoms with E-state index in [4.69, 9.17) is 4.74 Å². The summed E-state index contributed by atoms with van der Waals surface area (Å²) in [7, 11) is 1.67. The predicted molar refractivity (Wildman–Crippen MR) is 118 cm³/mol. The number of methoxy groups -OCH3 is 1. The van der Waals surface area contributed by atoms with Gasteiger partial charge in [-0.05, 0) is 46.3 Å². The minimum absolute atomic E-state index is 0.0140. The summed E-state index contributed by atoms with van der Waals surface area (Å²) in [5.74, 6) is 0.837. The molecular formula is C24H22N2O2S. The van der Waals surface area contributed by atoms with Gasteiger partial charge < -0.3 is 10.1 Å². The fourth-order valence-electron chi connectivity index (χ4n) is 3.53. The molecule has 4 rings (SSSR count). The van der Waals surface area contributed by atoms with Crippen LogP contribution in [0.4, 0.5) is 0 Å². The van der Waals surface area contributed by atoms with Crippen molar-refractivity contribution in [2.75, 3.05) is 7.11 Å². The van der Waals surface area contributed by atoms with Crippen LogP contribution in [0.15, 0.2) is 71.6 Å². The zero-order valence-electron chi connectivity index (χ0n) is 16.2. The van der Waals surface area contributed by atoms with Crippen molar-refractivity contribution >= 4 is 28.0 Å². The topological polar surface area (TPSA) is 51.2 Å². The molecule has 0 radical (unpaired) electrons. The number of aryl methyl sites for hydroxylation is 1. The minimum Gasteiger partial charge on any atom is -0.496 e. The van der Waals surface area contributed by atoms with Gasteiger partial charge in [-0.25, -0.2) is 0 Å². The smallest absolute Gasteiger partial charge is 0.220 e. The van der Waals surface area contributed by atoms with Gasteiger partial charge in [-0.15, -0.1) is 0 Å². The standard InChI is InChI=1S/C24H22N2O2S/c1-28-22-10-8-17-5-2-3-7-20(17)21(22)9-11-23(27)26-15-18-6-4-13-25-24(18)19-12-14-29-16-19/h2-8,10,12-14,16H,9,11,15H2,1H3,(H,26,27). The fourth-order valence-corrected chi connectivity index (χ4v) is 4.17. The van der Waals surface area contributed by atoms with E-state index >= 15 is 0 Å². The highest BCUT2D eigenvalue weighted by atomic mass is 32.1. The fraction of sp³-hybridized carbons (Fsp3) is 0.167. The quantitative estimate of drug-likeness (QED) is 0.461. The molecule has 0 aliphatic rings. The zero-order valence-corrected chi connectivity index (χ0v) is 17.0. The minimum atomic E-state index is 0.0140. The molecule has 4 nitrogen and oxygen atoms in total. The number of carbonyl (C=O) groups is 1. The summed E-state index contributed by atoms with van der Waals surface area (Å²) in [6.45, 7) is 0.463. The lowest BCUT2D eigenvalue weighted by molar-refractivity contribution is -0.121.